The highest BCUT2D eigenvalue weighted by Crippen LogP contribution is 2.28. The van der Waals surface area contributed by atoms with Crippen molar-refractivity contribution in [2.75, 3.05) is 6.54 Å². The van der Waals surface area contributed by atoms with Gasteiger partial charge in [0.1, 0.15) is 0 Å². The van der Waals surface area contributed by atoms with Gasteiger partial charge in [0, 0.05) is 12.7 Å². The highest BCUT2D eigenvalue weighted by atomic mass is 19.4. The van der Waals surface area contributed by atoms with Crippen LogP contribution in [0.3, 0.4) is 0 Å². The van der Waals surface area contributed by atoms with Gasteiger partial charge < -0.3 is 10.6 Å². The van der Waals surface area contributed by atoms with Crippen molar-refractivity contribution in [2.24, 2.45) is 5.92 Å². The summed E-state index contributed by atoms with van der Waals surface area (Å²) in [6.45, 7) is 4.17. The van der Waals surface area contributed by atoms with Crippen LogP contribution in [0.4, 0.5) is 13.2 Å². The number of carbonyl (C=O) groups is 2. The molecule has 1 aromatic heterocycles. The largest absolute Gasteiger partial charge is 0.417 e. The maximum atomic E-state index is 12.4. The van der Waals surface area contributed by atoms with E-state index in [0.717, 1.165) is 18.6 Å². The first kappa shape index (κ1) is 17.9. The van der Waals surface area contributed by atoms with Gasteiger partial charge in [0.25, 0.3) is 0 Å². The molecule has 22 heavy (non-hydrogen) atoms. The molecular formula is C14H18F3N3O2. The summed E-state index contributed by atoms with van der Waals surface area (Å²) < 4.78 is 37.1. The van der Waals surface area contributed by atoms with Crippen LogP contribution in [0.15, 0.2) is 18.3 Å². The van der Waals surface area contributed by atoms with Crippen molar-refractivity contribution < 1.29 is 22.8 Å². The van der Waals surface area contributed by atoms with Gasteiger partial charge in [-0.15, -0.1) is 0 Å². The maximum Gasteiger partial charge on any atom is 0.417 e. The fourth-order valence-corrected chi connectivity index (χ4v) is 1.44. The van der Waals surface area contributed by atoms with Crippen molar-refractivity contribution in [1.82, 2.24) is 15.6 Å². The fraction of sp³-hybridized carbons (Fsp3) is 0.500. The molecule has 2 N–H and O–H groups in total. The zero-order valence-corrected chi connectivity index (χ0v) is 12.3. The molecular weight excluding hydrogens is 299 g/mol. The minimum absolute atomic E-state index is 0.117. The first-order valence-electron chi connectivity index (χ1n) is 6.82. The summed E-state index contributed by atoms with van der Waals surface area (Å²) in [5.41, 5.74) is -0.634. The minimum Gasteiger partial charge on any atom is -0.348 e. The molecule has 1 rings (SSSR count). The Labute approximate surface area is 126 Å². The number of halogens is 3. The van der Waals surface area contributed by atoms with Crippen LogP contribution >= 0.6 is 0 Å². The van der Waals surface area contributed by atoms with Gasteiger partial charge in [-0.05, 0) is 18.1 Å². The molecule has 0 bridgehead atoms. The lowest BCUT2D eigenvalue weighted by Gasteiger charge is -2.10. The standard InChI is InChI=1S/C14H18F3N3O2/c1-3-9(2)6-19-12(21)13(22)20-8-11-5-4-10(7-18-11)14(15,16)17/h4-5,7,9H,3,6,8H2,1-2H3,(H,19,21)(H,20,22)/t9-/m0/s1. The van der Waals surface area contributed by atoms with Crippen LogP contribution in [-0.4, -0.2) is 23.3 Å². The van der Waals surface area contributed by atoms with Gasteiger partial charge in [0.15, 0.2) is 0 Å². The first-order valence-corrected chi connectivity index (χ1v) is 6.82. The quantitative estimate of drug-likeness (QED) is 0.815. The Hall–Kier alpha value is -2.12. The molecule has 0 saturated heterocycles. The van der Waals surface area contributed by atoms with E-state index in [9.17, 15) is 22.8 Å². The summed E-state index contributed by atoms with van der Waals surface area (Å²) in [7, 11) is 0. The SMILES string of the molecule is CC[C@H](C)CNC(=O)C(=O)NCc1ccc(C(F)(F)F)cn1. The number of carbonyl (C=O) groups excluding carboxylic acids is 2. The molecule has 0 aliphatic carbocycles. The van der Waals surface area contributed by atoms with Crippen LogP contribution in [0.5, 0.6) is 0 Å². The Kier molecular flexibility index (Phi) is 6.33. The molecule has 0 spiro atoms. The van der Waals surface area contributed by atoms with Gasteiger partial charge >= 0.3 is 18.0 Å². The smallest absolute Gasteiger partial charge is 0.348 e. The molecule has 0 aromatic carbocycles. The zero-order chi connectivity index (χ0) is 16.8. The van der Waals surface area contributed by atoms with Crippen molar-refractivity contribution >= 4 is 11.8 Å². The highest BCUT2D eigenvalue weighted by molar-refractivity contribution is 6.35. The number of hydrogen-bond donors (Lipinski definition) is 2. The molecule has 1 aromatic rings. The normalized spacial score (nSPS) is 12.6. The molecule has 8 heteroatoms. The molecule has 0 unspecified atom stereocenters. The molecule has 0 radical (unpaired) electrons. The second kappa shape index (κ2) is 7.77. The molecule has 0 aliphatic rings. The van der Waals surface area contributed by atoms with E-state index in [2.05, 4.69) is 15.6 Å². The van der Waals surface area contributed by atoms with Crippen LogP contribution in [-0.2, 0) is 22.3 Å². The van der Waals surface area contributed by atoms with E-state index >= 15 is 0 Å². The topological polar surface area (TPSA) is 71.1 Å². The number of alkyl halides is 3. The average molecular weight is 317 g/mol. The predicted molar refractivity (Wildman–Crippen MR) is 73.6 cm³/mol. The van der Waals surface area contributed by atoms with Crippen LogP contribution in [0.2, 0.25) is 0 Å². The molecule has 0 aliphatic heterocycles. The molecule has 5 nitrogen and oxygen atoms in total. The molecule has 122 valence electrons. The molecule has 0 fully saturated rings. The number of aromatic nitrogens is 1. The Morgan fingerprint density at radius 1 is 1.23 bits per heavy atom. The lowest BCUT2D eigenvalue weighted by Crippen LogP contribution is -2.41. The van der Waals surface area contributed by atoms with Gasteiger partial charge in [-0.1, -0.05) is 20.3 Å². The van der Waals surface area contributed by atoms with E-state index in [-0.39, 0.29) is 18.2 Å². The van der Waals surface area contributed by atoms with Crippen LogP contribution in [0.1, 0.15) is 31.5 Å². The van der Waals surface area contributed by atoms with E-state index in [4.69, 9.17) is 0 Å². The van der Waals surface area contributed by atoms with Crippen molar-refractivity contribution in [1.29, 1.82) is 0 Å². The van der Waals surface area contributed by atoms with E-state index in [1.807, 2.05) is 13.8 Å². The summed E-state index contributed by atoms with van der Waals surface area (Å²) in [5.74, 6) is -1.36. The van der Waals surface area contributed by atoms with E-state index in [0.29, 0.717) is 12.7 Å². The number of nitrogens with one attached hydrogen (secondary N) is 2. The summed E-state index contributed by atoms with van der Waals surface area (Å²) >= 11 is 0. The van der Waals surface area contributed by atoms with Crippen LogP contribution in [0, 0.1) is 5.92 Å². The second-order valence-electron chi connectivity index (χ2n) is 4.94. The van der Waals surface area contributed by atoms with E-state index < -0.39 is 23.6 Å². The Bertz CT molecular complexity index is 515. The monoisotopic (exact) mass is 317 g/mol. The third-order valence-electron chi connectivity index (χ3n) is 3.10. The molecule has 2 amide bonds. The number of pyridine rings is 1. The average Bonchev–Trinajstić information content (AvgIpc) is 2.49. The van der Waals surface area contributed by atoms with Gasteiger partial charge in [-0.3, -0.25) is 14.6 Å². The summed E-state index contributed by atoms with van der Waals surface area (Å²) in [6.07, 6.45) is -2.90. The van der Waals surface area contributed by atoms with Gasteiger partial charge in [-0.2, -0.15) is 13.2 Å². The maximum absolute atomic E-state index is 12.4. The molecule has 1 atom stereocenters. The van der Waals surface area contributed by atoms with Crippen molar-refractivity contribution in [3.8, 4) is 0 Å². The van der Waals surface area contributed by atoms with Crippen LogP contribution in [0.25, 0.3) is 0 Å². The summed E-state index contributed by atoms with van der Waals surface area (Å²) in [5, 5.41) is 4.78. The van der Waals surface area contributed by atoms with Gasteiger partial charge in [0.2, 0.25) is 0 Å². The summed E-state index contributed by atoms with van der Waals surface area (Å²) in [4.78, 5) is 26.6. The first-order chi connectivity index (χ1) is 10.2. The second-order valence-corrected chi connectivity index (χ2v) is 4.94. The molecule has 0 saturated carbocycles. The lowest BCUT2D eigenvalue weighted by molar-refractivity contribution is -0.139. The number of hydrogen-bond acceptors (Lipinski definition) is 3. The third kappa shape index (κ3) is 5.71. The van der Waals surface area contributed by atoms with E-state index in [1.165, 1.54) is 0 Å². The number of nitrogens with zero attached hydrogens (tertiary/aromatic N) is 1. The predicted octanol–water partition coefficient (Wildman–Crippen LogP) is 1.88. The fourth-order valence-electron chi connectivity index (χ4n) is 1.44. The van der Waals surface area contributed by atoms with Crippen molar-refractivity contribution in [2.45, 2.75) is 33.0 Å². The Balaban J connectivity index is 2.45. The van der Waals surface area contributed by atoms with E-state index in [1.54, 1.807) is 0 Å². The zero-order valence-electron chi connectivity index (χ0n) is 12.3. The van der Waals surface area contributed by atoms with Crippen molar-refractivity contribution in [3.63, 3.8) is 0 Å². The highest BCUT2D eigenvalue weighted by Gasteiger charge is 2.30. The third-order valence-corrected chi connectivity index (χ3v) is 3.10. The van der Waals surface area contributed by atoms with Crippen LogP contribution < -0.4 is 10.6 Å². The Morgan fingerprint density at radius 3 is 2.36 bits per heavy atom. The Morgan fingerprint density at radius 2 is 1.86 bits per heavy atom. The lowest BCUT2D eigenvalue weighted by atomic mass is 10.1. The minimum atomic E-state index is -4.45. The van der Waals surface area contributed by atoms with Gasteiger partial charge in [-0.25, -0.2) is 0 Å². The van der Waals surface area contributed by atoms with Gasteiger partial charge in [0.05, 0.1) is 17.8 Å². The summed E-state index contributed by atoms with van der Waals surface area (Å²) in [6, 6.07) is 2.03. The molecule has 1 heterocycles. The number of rotatable bonds is 5. The van der Waals surface area contributed by atoms with Crippen molar-refractivity contribution in [3.05, 3.63) is 29.6 Å². The number of amides is 2.